The van der Waals surface area contributed by atoms with Gasteiger partial charge in [-0.3, -0.25) is 4.79 Å². The molecule has 18 heavy (non-hydrogen) atoms. The lowest BCUT2D eigenvalue weighted by atomic mass is 10.2. The Kier molecular flexibility index (Phi) is 4.04. The number of hydrogen-bond donors (Lipinski definition) is 2. The van der Waals surface area contributed by atoms with Gasteiger partial charge in [-0.1, -0.05) is 12.1 Å². The molecule has 5 heteroatoms. The van der Waals surface area contributed by atoms with E-state index in [4.69, 9.17) is 10.5 Å². The average molecular weight is 249 g/mol. The van der Waals surface area contributed by atoms with Gasteiger partial charge < -0.3 is 20.7 Å². The molecule has 1 aliphatic heterocycles. The van der Waals surface area contributed by atoms with Crippen molar-refractivity contribution in [3.63, 3.8) is 0 Å². The first-order valence-electron chi connectivity index (χ1n) is 6.12. The maximum atomic E-state index is 11.3. The van der Waals surface area contributed by atoms with E-state index in [1.165, 1.54) is 0 Å². The van der Waals surface area contributed by atoms with Crippen LogP contribution in [0.2, 0.25) is 0 Å². The van der Waals surface area contributed by atoms with Gasteiger partial charge in [-0.2, -0.15) is 0 Å². The van der Waals surface area contributed by atoms with E-state index in [2.05, 4.69) is 10.2 Å². The first-order valence-corrected chi connectivity index (χ1v) is 6.12. The van der Waals surface area contributed by atoms with Crippen LogP contribution >= 0.6 is 0 Å². The molecule has 1 aromatic rings. The summed E-state index contributed by atoms with van der Waals surface area (Å²) in [5, 5.41) is 2.92. The Morgan fingerprint density at radius 1 is 1.56 bits per heavy atom. The average Bonchev–Trinajstić information content (AvgIpc) is 2.86. The molecule has 0 spiro atoms. The fraction of sp³-hybridized carbons (Fsp3) is 0.462. The SMILES string of the molecule is COc1ccccc1N1CCC(NC(=O)CN)C1. The van der Waals surface area contributed by atoms with Crippen molar-refractivity contribution < 1.29 is 9.53 Å². The number of ether oxygens (including phenoxy) is 1. The van der Waals surface area contributed by atoms with Crippen LogP contribution in [0.25, 0.3) is 0 Å². The van der Waals surface area contributed by atoms with Crippen molar-refractivity contribution in [2.24, 2.45) is 5.73 Å². The number of amides is 1. The highest BCUT2D eigenvalue weighted by atomic mass is 16.5. The maximum absolute atomic E-state index is 11.3. The molecular weight excluding hydrogens is 230 g/mol. The molecule has 1 atom stereocenters. The van der Waals surface area contributed by atoms with Gasteiger partial charge in [0.25, 0.3) is 0 Å². The molecular formula is C13H19N3O2. The van der Waals surface area contributed by atoms with Crippen LogP contribution in [0.15, 0.2) is 24.3 Å². The van der Waals surface area contributed by atoms with Crippen LogP contribution in [-0.4, -0.2) is 38.7 Å². The second kappa shape index (κ2) is 5.73. The van der Waals surface area contributed by atoms with E-state index in [1.54, 1.807) is 7.11 Å². The van der Waals surface area contributed by atoms with Crippen LogP contribution in [0.1, 0.15) is 6.42 Å². The van der Waals surface area contributed by atoms with Crippen LogP contribution < -0.4 is 20.7 Å². The van der Waals surface area contributed by atoms with Crippen LogP contribution in [0.4, 0.5) is 5.69 Å². The van der Waals surface area contributed by atoms with Crippen molar-refractivity contribution in [1.82, 2.24) is 5.32 Å². The minimum Gasteiger partial charge on any atom is -0.495 e. The molecule has 0 radical (unpaired) electrons. The van der Waals surface area contributed by atoms with Crippen LogP contribution in [0, 0.1) is 0 Å². The topological polar surface area (TPSA) is 67.6 Å². The Balaban J connectivity index is 2.02. The fourth-order valence-electron chi connectivity index (χ4n) is 2.27. The minimum atomic E-state index is -0.0955. The predicted octanol–water partition coefficient (Wildman–Crippen LogP) is 0.349. The lowest BCUT2D eigenvalue weighted by Gasteiger charge is -2.21. The summed E-state index contributed by atoms with van der Waals surface area (Å²) in [7, 11) is 1.67. The fourth-order valence-corrected chi connectivity index (χ4v) is 2.27. The van der Waals surface area contributed by atoms with Gasteiger partial charge in [-0.25, -0.2) is 0 Å². The summed E-state index contributed by atoms with van der Waals surface area (Å²) in [6.07, 6.45) is 0.934. The number of carbonyl (C=O) groups excluding carboxylic acids is 1. The normalized spacial score (nSPS) is 18.8. The largest absolute Gasteiger partial charge is 0.495 e. The number of anilines is 1. The Morgan fingerprint density at radius 2 is 2.33 bits per heavy atom. The number of benzene rings is 1. The Bertz CT molecular complexity index is 422. The van der Waals surface area contributed by atoms with E-state index in [-0.39, 0.29) is 18.5 Å². The van der Waals surface area contributed by atoms with Gasteiger partial charge in [0.1, 0.15) is 5.75 Å². The second-order valence-electron chi connectivity index (χ2n) is 4.38. The van der Waals surface area contributed by atoms with Crippen LogP contribution in [-0.2, 0) is 4.79 Å². The van der Waals surface area contributed by atoms with E-state index < -0.39 is 0 Å². The van der Waals surface area contributed by atoms with Gasteiger partial charge in [-0.15, -0.1) is 0 Å². The number of nitrogens with one attached hydrogen (secondary N) is 1. The Labute approximate surface area is 107 Å². The van der Waals surface area contributed by atoms with E-state index in [1.807, 2.05) is 24.3 Å². The van der Waals surface area contributed by atoms with E-state index >= 15 is 0 Å². The molecule has 0 aromatic heterocycles. The zero-order valence-electron chi connectivity index (χ0n) is 10.6. The lowest BCUT2D eigenvalue weighted by Crippen LogP contribution is -2.40. The molecule has 0 aliphatic carbocycles. The Hall–Kier alpha value is -1.75. The summed E-state index contributed by atoms with van der Waals surface area (Å²) in [6.45, 7) is 1.76. The quantitative estimate of drug-likeness (QED) is 0.808. The predicted molar refractivity (Wildman–Crippen MR) is 70.8 cm³/mol. The number of para-hydroxylation sites is 2. The minimum absolute atomic E-state index is 0.0468. The summed E-state index contributed by atoms with van der Waals surface area (Å²) in [5.41, 5.74) is 6.37. The van der Waals surface area contributed by atoms with Crippen LogP contribution in [0.3, 0.4) is 0 Å². The number of nitrogens with zero attached hydrogens (tertiary/aromatic N) is 1. The first-order chi connectivity index (χ1) is 8.74. The smallest absolute Gasteiger partial charge is 0.234 e. The molecule has 1 heterocycles. The molecule has 1 aliphatic rings. The van der Waals surface area contributed by atoms with E-state index in [0.29, 0.717) is 0 Å². The van der Waals surface area contributed by atoms with E-state index in [9.17, 15) is 4.79 Å². The molecule has 0 bridgehead atoms. The molecule has 2 rings (SSSR count). The van der Waals surface area contributed by atoms with Gasteiger partial charge >= 0.3 is 0 Å². The summed E-state index contributed by atoms with van der Waals surface area (Å²) >= 11 is 0. The van der Waals surface area contributed by atoms with Crippen LogP contribution in [0.5, 0.6) is 5.75 Å². The lowest BCUT2D eigenvalue weighted by molar-refractivity contribution is -0.120. The van der Waals surface area contributed by atoms with Crippen molar-refractivity contribution in [1.29, 1.82) is 0 Å². The standard InChI is InChI=1S/C13H19N3O2/c1-18-12-5-3-2-4-11(12)16-7-6-10(9-16)15-13(17)8-14/h2-5,10H,6-9,14H2,1H3,(H,15,17). The summed E-state index contributed by atoms with van der Waals surface area (Å²) in [6, 6.07) is 8.09. The van der Waals surface area contributed by atoms with Gasteiger partial charge in [0.2, 0.25) is 5.91 Å². The number of carbonyl (C=O) groups is 1. The molecule has 5 nitrogen and oxygen atoms in total. The van der Waals surface area contributed by atoms with Crippen molar-refractivity contribution in [3.8, 4) is 5.75 Å². The second-order valence-corrected chi connectivity index (χ2v) is 4.38. The first kappa shape index (κ1) is 12.7. The number of methoxy groups -OCH3 is 1. The zero-order chi connectivity index (χ0) is 13.0. The third-order valence-corrected chi connectivity index (χ3v) is 3.16. The van der Waals surface area contributed by atoms with Gasteiger partial charge in [0.05, 0.1) is 19.3 Å². The number of hydrogen-bond acceptors (Lipinski definition) is 4. The van der Waals surface area contributed by atoms with Gasteiger partial charge in [-0.05, 0) is 18.6 Å². The molecule has 98 valence electrons. The van der Waals surface area contributed by atoms with E-state index in [0.717, 1.165) is 30.9 Å². The third-order valence-electron chi connectivity index (χ3n) is 3.16. The van der Waals surface area contributed by atoms with Crippen molar-refractivity contribution in [2.75, 3.05) is 31.6 Å². The number of rotatable bonds is 4. The monoisotopic (exact) mass is 249 g/mol. The molecule has 1 aromatic carbocycles. The molecule has 1 fully saturated rings. The molecule has 3 N–H and O–H groups in total. The van der Waals surface area contributed by atoms with Crippen molar-refractivity contribution >= 4 is 11.6 Å². The maximum Gasteiger partial charge on any atom is 0.234 e. The van der Waals surface area contributed by atoms with Crippen molar-refractivity contribution in [2.45, 2.75) is 12.5 Å². The molecule has 1 saturated heterocycles. The summed E-state index contributed by atoms with van der Waals surface area (Å²) in [4.78, 5) is 13.5. The summed E-state index contributed by atoms with van der Waals surface area (Å²) in [5.74, 6) is 0.769. The molecule has 1 amide bonds. The highest BCUT2D eigenvalue weighted by molar-refractivity contribution is 5.78. The number of nitrogens with two attached hydrogens (primary N) is 1. The van der Waals surface area contributed by atoms with Gasteiger partial charge in [0.15, 0.2) is 0 Å². The highest BCUT2D eigenvalue weighted by Gasteiger charge is 2.25. The van der Waals surface area contributed by atoms with Crippen molar-refractivity contribution in [3.05, 3.63) is 24.3 Å². The summed E-state index contributed by atoms with van der Waals surface area (Å²) < 4.78 is 5.35. The van der Waals surface area contributed by atoms with Gasteiger partial charge in [0, 0.05) is 19.1 Å². The third kappa shape index (κ3) is 2.73. The molecule has 0 saturated carbocycles. The zero-order valence-corrected chi connectivity index (χ0v) is 10.6. The highest BCUT2D eigenvalue weighted by Crippen LogP contribution is 2.30. The molecule has 1 unspecified atom stereocenters. The Morgan fingerprint density at radius 3 is 3.06 bits per heavy atom.